The lowest BCUT2D eigenvalue weighted by Crippen LogP contribution is -2.41. The smallest absolute Gasteiger partial charge is 0.428 e. The van der Waals surface area contributed by atoms with Crippen LogP contribution in [0, 0.1) is 17.5 Å². The van der Waals surface area contributed by atoms with Gasteiger partial charge in [-0.15, -0.1) is 0 Å². The molecule has 2 N–H and O–H groups in total. The second-order valence-corrected chi connectivity index (χ2v) is 7.33. The predicted molar refractivity (Wildman–Crippen MR) is 102 cm³/mol. The van der Waals surface area contributed by atoms with Crippen LogP contribution in [0.25, 0.3) is 0 Å². The third-order valence-electron chi connectivity index (χ3n) is 4.55. The highest BCUT2D eigenvalue weighted by Gasteiger charge is 2.44. The number of alkyl halides is 4. The molecule has 3 nitrogen and oxygen atoms in total. The van der Waals surface area contributed by atoms with E-state index in [4.69, 9.17) is 17.3 Å². The average Bonchev–Trinajstić information content (AvgIpc) is 2.70. The summed E-state index contributed by atoms with van der Waals surface area (Å²) >= 11 is 5.83. The number of pyridine rings is 1. The van der Waals surface area contributed by atoms with Crippen LogP contribution in [0.1, 0.15) is 16.8 Å². The number of benzene rings is 2. The SMILES string of the molecule is N[C@@](Cc1ccc(F)c(F)c1)(c1cc(F)cc(OC(F)(F)C(F)F)c1)c1ccc(Cl)cn1. The van der Waals surface area contributed by atoms with Crippen LogP contribution < -0.4 is 10.5 Å². The molecule has 1 atom stereocenters. The first-order valence-electron chi connectivity index (χ1n) is 8.91. The quantitative estimate of drug-likeness (QED) is 0.434. The molecule has 0 radical (unpaired) electrons. The maximum absolute atomic E-state index is 14.3. The summed E-state index contributed by atoms with van der Waals surface area (Å²) in [6, 6.07) is 7.88. The summed E-state index contributed by atoms with van der Waals surface area (Å²) in [5.74, 6) is -4.32. The molecule has 0 saturated carbocycles. The minimum atomic E-state index is -4.89. The Morgan fingerprint density at radius 2 is 1.69 bits per heavy atom. The second-order valence-electron chi connectivity index (χ2n) is 6.90. The van der Waals surface area contributed by atoms with E-state index in [0.717, 1.165) is 24.3 Å². The monoisotopic (exact) mass is 478 g/mol. The van der Waals surface area contributed by atoms with Gasteiger partial charge in [0, 0.05) is 18.7 Å². The van der Waals surface area contributed by atoms with Crippen molar-refractivity contribution in [1.82, 2.24) is 4.98 Å². The van der Waals surface area contributed by atoms with Crippen molar-refractivity contribution in [3.63, 3.8) is 0 Å². The third kappa shape index (κ3) is 5.13. The summed E-state index contributed by atoms with van der Waals surface area (Å²) < 4.78 is 97.0. The van der Waals surface area contributed by atoms with Crippen molar-refractivity contribution in [2.24, 2.45) is 5.73 Å². The Bertz CT molecular complexity index is 1110. The van der Waals surface area contributed by atoms with Crippen molar-refractivity contribution in [2.45, 2.75) is 24.5 Å². The average molecular weight is 479 g/mol. The van der Waals surface area contributed by atoms with Crippen molar-refractivity contribution >= 4 is 11.6 Å². The Morgan fingerprint density at radius 1 is 0.969 bits per heavy atom. The van der Waals surface area contributed by atoms with Crippen molar-refractivity contribution < 1.29 is 35.5 Å². The number of aromatic nitrogens is 1. The topological polar surface area (TPSA) is 48.1 Å². The third-order valence-corrected chi connectivity index (χ3v) is 4.77. The van der Waals surface area contributed by atoms with Crippen LogP contribution in [0.15, 0.2) is 54.7 Å². The molecule has 1 aromatic heterocycles. The molecule has 32 heavy (non-hydrogen) atoms. The van der Waals surface area contributed by atoms with E-state index in [1.807, 2.05) is 0 Å². The number of hydrogen-bond acceptors (Lipinski definition) is 3. The summed E-state index contributed by atoms with van der Waals surface area (Å²) in [7, 11) is 0. The van der Waals surface area contributed by atoms with E-state index in [0.29, 0.717) is 6.07 Å². The largest absolute Gasteiger partial charge is 0.461 e. The van der Waals surface area contributed by atoms with Gasteiger partial charge in [0.1, 0.15) is 11.6 Å². The van der Waals surface area contributed by atoms with Gasteiger partial charge in [-0.05, 0) is 47.5 Å². The zero-order valence-corrected chi connectivity index (χ0v) is 16.7. The van der Waals surface area contributed by atoms with E-state index in [2.05, 4.69) is 9.72 Å². The Kier molecular flexibility index (Phi) is 6.66. The lowest BCUT2D eigenvalue weighted by atomic mass is 9.81. The highest BCUT2D eigenvalue weighted by molar-refractivity contribution is 6.30. The van der Waals surface area contributed by atoms with Crippen molar-refractivity contribution in [3.05, 3.63) is 94.0 Å². The van der Waals surface area contributed by atoms with E-state index in [9.17, 15) is 30.7 Å². The molecular formula is C21H14ClF7N2O. The number of halogens is 8. The number of rotatable bonds is 7. The molecule has 0 fully saturated rings. The highest BCUT2D eigenvalue weighted by Crippen LogP contribution is 2.35. The van der Waals surface area contributed by atoms with E-state index >= 15 is 0 Å². The molecule has 1 heterocycles. The fourth-order valence-corrected chi connectivity index (χ4v) is 3.14. The molecule has 11 heteroatoms. The van der Waals surface area contributed by atoms with Crippen molar-refractivity contribution in [3.8, 4) is 5.75 Å². The molecule has 0 saturated heterocycles. The first-order chi connectivity index (χ1) is 14.9. The lowest BCUT2D eigenvalue weighted by molar-refractivity contribution is -0.253. The zero-order chi connectivity index (χ0) is 23.7. The van der Waals surface area contributed by atoms with E-state index < -0.39 is 41.3 Å². The van der Waals surface area contributed by atoms with Gasteiger partial charge in [0.2, 0.25) is 0 Å². The van der Waals surface area contributed by atoms with Crippen LogP contribution in [0.5, 0.6) is 5.75 Å². The fourth-order valence-electron chi connectivity index (χ4n) is 3.03. The Labute approximate surface area is 182 Å². The number of ether oxygens (including phenoxy) is 1. The van der Waals surface area contributed by atoms with E-state index in [1.165, 1.54) is 24.4 Å². The highest BCUT2D eigenvalue weighted by atomic mass is 35.5. The van der Waals surface area contributed by atoms with Gasteiger partial charge in [-0.2, -0.15) is 17.6 Å². The first-order valence-corrected chi connectivity index (χ1v) is 9.29. The van der Waals surface area contributed by atoms with E-state index in [1.54, 1.807) is 0 Å². The van der Waals surface area contributed by atoms with Gasteiger partial charge in [-0.1, -0.05) is 17.7 Å². The molecule has 0 aliphatic rings. The minimum Gasteiger partial charge on any atom is -0.428 e. The zero-order valence-electron chi connectivity index (χ0n) is 15.9. The molecular weight excluding hydrogens is 465 g/mol. The van der Waals surface area contributed by atoms with Gasteiger partial charge >= 0.3 is 12.5 Å². The maximum atomic E-state index is 14.3. The molecule has 0 unspecified atom stereocenters. The standard InChI is InChI=1S/C21H14ClF7N2O/c22-13-2-4-18(31-10-13)20(30,9-11-1-3-16(24)17(25)5-11)12-6-14(23)8-15(7-12)32-21(28,29)19(26)27/h1-8,10,19H,9,30H2/t20-/m0/s1. The van der Waals surface area contributed by atoms with Gasteiger partial charge in [0.15, 0.2) is 11.6 Å². The van der Waals surface area contributed by atoms with Gasteiger partial charge in [-0.25, -0.2) is 13.2 Å². The molecule has 0 bridgehead atoms. The molecule has 0 aliphatic heterocycles. The van der Waals surface area contributed by atoms with Crippen molar-refractivity contribution in [2.75, 3.05) is 0 Å². The molecule has 0 spiro atoms. The molecule has 0 amide bonds. The summed E-state index contributed by atoms with van der Waals surface area (Å²) in [5.41, 5.74) is 4.72. The summed E-state index contributed by atoms with van der Waals surface area (Å²) in [6.45, 7) is 0. The second kappa shape index (κ2) is 8.95. The summed E-state index contributed by atoms with van der Waals surface area (Å²) in [6.07, 6.45) is -8.14. The van der Waals surface area contributed by atoms with Crippen LogP contribution >= 0.6 is 11.6 Å². The Hall–Kier alpha value is -2.85. The van der Waals surface area contributed by atoms with Gasteiger partial charge in [0.05, 0.1) is 16.3 Å². The normalized spacial score (nSPS) is 13.8. The number of nitrogens with zero attached hydrogens (tertiary/aromatic N) is 1. The van der Waals surface area contributed by atoms with Crippen LogP contribution in [0.4, 0.5) is 30.7 Å². The molecule has 3 aromatic rings. The molecule has 170 valence electrons. The maximum Gasteiger partial charge on any atom is 0.461 e. The first kappa shape index (κ1) is 23.8. The number of hydrogen-bond donors (Lipinski definition) is 1. The summed E-state index contributed by atoms with van der Waals surface area (Å²) in [4.78, 5) is 4.07. The summed E-state index contributed by atoms with van der Waals surface area (Å²) in [5, 5.41) is 0.226. The molecule has 3 rings (SSSR count). The van der Waals surface area contributed by atoms with Gasteiger partial charge in [0.25, 0.3) is 0 Å². The minimum absolute atomic E-state index is 0.0591. The van der Waals surface area contributed by atoms with Crippen LogP contribution in [-0.4, -0.2) is 17.5 Å². The lowest BCUT2D eigenvalue weighted by Gasteiger charge is -2.31. The molecule has 2 aromatic carbocycles. The van der Waals surface area contributed by atoms with Crippen LogP contribution in [0.3, 0.4) is 0 Å². The van der Waals surface area contributed by atoms with E-state index in [-0.39, 0.29) is 28.3 Å². The van der Waals surface area contributed by atoms with Crippen LogP contribution in [-0.2, 0) is 12.0 Å². The van der Waals surface area contributed by atoms with Crippen LogP contribution in [0.2, 0.25) is 5.02 Å². The molecule has 0 aliphatic carbocycles. The Morgan fingerprint density at radius 3 is 2.28 bits per heavy atom. The predicted octanol–water partition coefficient (Wildman–Crippen LogP) is 5.83. The van der Waals surface area contributed by atoms with Gasteiger partial charge in [-0.3, -0.25) is 4.98 Å². The van der Waals surface area contributed by atoms with Crippen molar-refractivity contribution in [1.29, 1.82) is 0 Å². The fraction of sp³-hybridized carbons (Fsp3) is 0.190. The van der Waals surface area contributed by atoms with Gasteiger partial charge < -0.3 is 10.5 Å². The number of nitrogens with two attached hydrogens (primary N) is 1. The Balaban J connectivity index is 2.12.